The Bertz CT molecular complexity index is 349. The number of para-hydroxylation sites is 1. The van der Waals surface area contributed by atoms with Crippen molar-refractivity contribution in [2.75, 3.05) is 24.5 Å². The summed E-state index contributed by atoms with van der Waals surface area (Å²) in [5.41, 5.74) is 2.93. The van der Waals surface area contributed by atoms with Crippen molar-refractivity contribution in [3.8, 4) is 0 Å². The maximum Gasteiger partial charge on any atom is 0.0401 e. The fourth-order valence-electron chi connectivity index (χ4n) is 2.63. The van der Waals surface area contributed by atoms with Gasteiger partial charge in [0.25, 0.3) is 0 Å². The monoisotopic (exact) mass is 232 g/mol. The third kappa shape index (κ3) is 3.01. The molecule has 0 aliphatic carbocycles. The van der Waals surface area contributed by atoms with E-state index in [-0.39, 0.29) is 0 Å². The summed E-state index contributed by atoms with van der Waals surface area (Å²) >= 11 is 0. The van der Waals surface area contributed by atoms with E-state index < -0.39 is 0 Å². The van der Waals surface area contributed by atoms with E-state index in [0.29, 0.717) is 6.04 Å². The Balaban J connectivity index is 2.22. The molecule has 17 heavy (non-hydrogen) atoms. The molecule has 1 N–H and O–H groups in total. The minimum Gasteiger partial charge on any atom is -0.369 e. The fourth-order valence-corrected chi connectivity index (χ4v) is 2.63. The van der Waals surface area contributed by atoms with Crippen molar-refractivity contribution < 1.29 is 0 Å². The molecule has 1 aliphatic heterocycles. The highest BCUT2D eigenvalue weighted by atomic mass is 15.2. The Labute approximate surface area is 105 Å². The van der Waals surface area contributed by atoms with Crippen molar-refractivity contribution in [2.24, 2.45) is 0 Å². The van der Waals surface area contributed by atoms with E-state index in [2.05, 4.69) is 48.3 Å². The van der Waals surface area contributed by atoms with Crippen LogP contribution in [0.2, 0.25) is 0 Å². The molecule has 1 unspecified atom stereocenters. The smallest absolute Gasteiger partial charge is 0.0401 e. The highest BCUT2D eigenvalue weighted by Crippen LogP contribution is 2.24. The summed E-state index contributed by atoms with van der Waals surface area (Å²) in [6, 6.07) is 9.50. The van der Waals surface area contributed by atoms with Crippen LogP contribution in [0.25, 0.3) is 0 Å². The highest BCUT2D eigenvalue weighted by molar-refractivity contribution is 5.54. The Morgan fingerprint density at radius 1 is 1.29 bits per heavy atom. The van der Waals surface area contributed by atoms with Crippen molar-refractivity contribution in [3.05, 3.63) is 29.8 Å². The van der Waals surface area contributed by atoms with Crippen LogP contribution in [0.1, 0.15) is 32.3 Å². The number of anilines is 1. The summed E-state index contributed by atoms with van der Waals surface area (Å²) in [6.45, 7) is 8.06. The van der Waals surface area contributed by atoms with Gasteiger partial charge in [0, 0.05) is 18.3 Å². The Hall–Kier alpha value is -1.02. The largest absolute Gasteiger partial charge is 0.369 e. The zero-order chi connectivity index (χ0) is 12.1. The Morgan fingerprint density at radius 3 is 2.94 bits per heavy atom. The van der Waals surface area contributed by atoms with Crippen LogP contribution in [0.4, 0.5) is 5.69 Å². The van der Waals surface area contributed by atoms with Crippen LogP contribution in [0, 0.1) is 0 Å². The van der Waals surface area contributed by atoms with Crippen molar-refractivity contribution in [2.45, 2.75) is 39.2 Å². The number of hydrogen-bond donors (Lipinski definition) is 1. The number of benzene rings is 1. The van der Waals surface area contributed by atoms with Gasteiger partial charge in [0.1, 0.15) is 0 Å². The maximum atomic E-state index is 3.49. The van der Waals surface area contributed by atoms with Gasteiger partial charge < -0.3 is 10.2 Å². The average molecular weight is 232 g/mol. The lowest BCUT2D eigenvalue weighted by atomic mass is 10.1. The van der Waals surface area contributed by atoms with Gasteiger partial charge in [0.15, 0.2) is 0 Å². The molecule has 94 valence electrons. The zero-order valence-electron chi connectivity index (χ0n) is 11.1. The standard InChI is InChI=1S/C15H24N2/c1-3-14-7-4-5-8-15(14)17-12-6-10-16-11-9-13(17)2/h4-5,7-8,13,16H,3,6,9-12H2,1-2H3. The predicted molar refractivity (Wildman–Crippen MR) is 74.7 cm³/mol. The predicted octanol–water partition coefficient (Wildman–Crippen LogP) is 2.83. The van der Waals surface area contributed by atoms with E-state index in [9.17, 15) is 0 Å². The maximum absolute atomic E-state index is 3.49. The summed E-state index contributed by atoms with van der Waals surface area (Å²) in [6.07, 6.45) is 3.60. The third-order valence-electron chi connectivity index (χ3n) is 3.71. The molecule has 1 aliphatic rings. The van der Waals surface area contributed by atoms with E-state index in [1.807, 2.05) is 0 Å². The SMILES string of the molecule is CCc1ccccc1N1CCCNCCC1C. The minimum atomic E-state index is 0.635. The molecule has 2 heteroatoms. The van der Waals surface area contributed by atoms with Crippen LogP contribution in [0.5, 0.6) is 0 Å². The molecular formula is C15H24N2. The van der Waals surface area contributed by atoms with Crippen molar-refractivity contribution >= 4 is 5.69 Å². The molecule has 2 rings (SSSR count). The van der Waals surface area contributed by atoms with Crippen LogP contribution >= 0.6 is 0 Å². The van der Waals surface area contributed by atoms with Crippen LogP contribution in [0.15, 0.2) is 24.3 Å². The molecule has 0 spiro atoms. The van der Waals surface area contributed by atoms with E-state index >= 15 is 0 Å². The van der Waals surface area contributed by atoms with Gasteiger partial charge in [-0.15, -0.1) is 0 Å². The average Bonchev–Trinajstić information content (AvgIpc) is 2.35. The summed E-state index contributed by atoms with van der Waals surface area (Å²) in [5.74, 6) is 0. The van der Waals surface area contributed by atoms with Crippen molar-refractivity contribution in [3.63, 3.8) is 0 Å². The number of nitrogens with one attached hydrogen (secondary N) is 1. The van der Waals surface area contributed by atoms with Crippen LogP contribution in [-0.4, -0.2) is 25.7 Å². The molecule has 1 saturated heterocycles. The first-order valence-electron chi connectivity index (χ1n) is 6.88. The molecule has 2 nitrogen and oxygen atoms in total. The van der Waals surface area contributed by atoms with Gasteiger partial charge in [-0.05, 0) is 50.9 Å². The molecule has 0 saturated carbocycles. The van der Waals surface area contributed by atoms with Gasteiger partial charge in [-0.3, -0.25) is 0 Å². The normalized spacial score (nSPS) is 22.0. The first-order chi connectivity index (χ1) is 8.33. The fraction of sp³-hybridized carbons (Fsp3) is 0.600. The van der Waals surface area contributed by atoms with E-state index in [1.54, 1.807) is 0 Å². The van der Waals surface area contributed by atoms with E-state index in [0.717, 1.165) is 19.5 Å². The summed E-state index contributed by atoms with van der Waals surface area (Å²) < 4.78 is 0. The number of hydrogen-bond acceptors (Lipinski definition) is 2. The van der Waals surface area contributed by atoms with Crippen molar-refractivity contribution in [1.29, 1.82) is 0 Å². The number of rotatable bonds is 2. The number of nitrogens with zero attached hydrogens (tertiary/aromatic N) is 1. The van der Waals surface area contributed by atoms with Crippen LogP contribution in [0.3, 0.4) is 0 Å². The number of aryl methyl sites for hydroxylation is 1. The Morgan fingerprint density at radius 2 is 2.12 bits per heavy atom. The lowest BCUT2D eigenvalue weighted by Gasteiger charge is -2.34. The second kappa shape index (κ2) is 6.06. The second-order valence-corrected chi connectivity index (χ2v) is 4.92. The van der Waals surface area contributed by atoms with Gasteiger partial charge in [0.05, 0.1) is 0 Å². The molecule has 0 radical (unpaired) electrons. The molecule has 0 bridgehead atoms. The summed E-state index contributed by atoms with van der Waals surface area (Å²) in [4.78, 5) is 2.60. The summed E-state index contributed by atoms with van der Waals surface area (Å²) in [7, 11) is 0. The zero-order valence-corrected chi connectivity index (χ0v) is 11.1. The molecule has 1 fully saturated rings. The Kier molecular flexibility index (Phi) is 4.43. The molecule has 1 aromatic rings. The molecular weight excluding hydrogens is 208 g/mol. The quantitative estimate of drug-likeness (QED) is 0.843. The van der Waals surface area contributed by atoms with Crippen molar-refractivity contribution in [1.82, 2.24) is 5.32 Å². The van der Waals surface area contributed by atoms with Gasteiger partial charge in [0.2, 0.25) is 0 Å². The lowest BCUT2D eigenvalue weighted by molar-refractivity contribution is 0.498. The first kappa shape index (κ1) is 12.4. The van der Waals surface area contributed by atoms with Gasteiger partial charge in [-0.25, -0.2) is 0 Å². The van der Waals surface area contributed by atoms with Gasteiger partial charge in [-0.1, -0.05) is 25.1 Å². The molecule has 1 aromatic carbocycles. The minimum absolute atomic E-state index is 0.635. The molecule has 1 atom stereocenters. The van der Waals surface area contributed by atoms with Crippen LogP contribution in [-0.2, 0) is 6.42 Å². The topological polar surface area (TPSA) is 15.3 Å². The molecule has 1 heterocycles. The lowest BCUT2D eigenvalue weighted by Crippen LogP contribution is -2.40. The highest BCUT2D eigenvalue weighted by Gasteiger charge is 2.17. The molecule has 0 aromatic heterocycles. The van der Waals surface area contributed by atoms with Crippen LogP contribution < -0.4 is 10.2 Å². The van der Waals surface area contributed by atoms with Gasteiger partial charge in [-0.2, -0.15) is 0 Å². The summed E-state index contributed by atoms with van der Waals surface area (Å²) in [5, 5.41) is 3.49. The second-order valence-electron chi connectivity index (χ2n) is 4.92. The first-order valence-corrected chi connectivity index (χ1v) is 6.88. The molecule has 0 amide bonds. The van der Waals surface area contributed by atoms with Gasteiger partial charge >= 0.3 is 0 Å². The van der Waals surface area contributed by atoms with E-state index in [4.69, 9.17) is 0 Å². The third-order valence-corrected chi connectivity index (χ3v) is 3.71. The van der Waals surface area contributed by atoms with E-state index in [1.165, 1.54) is 30.6 Å².